The molecule has 2 aliphatic carbocycles. The summed E-state index contributed by atoms with van der Waals surface area (Å²) in [7, 11) is 0. The summed E-state index contributed by atoms with van der Waals surface area (Å²) in [4.78, 5) is 0. The second-order valence-electron chi connectivity index (χ2n) is 10.2. The Labute approximate surface area is 229 Å². The van der Waals surface area contributed by atoms with Crippen LogP contribution in [0.1, 0.15) is 80.7 Å². The fourth-order valence-corrected chi connectivity index (χ4v) is 10.2. The first kappa shape index (κ1) is 27.9. The van der Waals surface area contributed by atoms with Crippen molar-refractivity contribution in [2.75, 3.05) is 0 Å². The van der Waals surface area contributed by atoms with Gasteiger partial charge in [-0.3, -0.25) is 0 Å². The maximum absolute atomic E-state index is 2.60. The van der Waals surface area contributed by atoms with Crippen LogP contribution in [-0.4, -0.2) is 3.81 Å². The maximum Gasteiger partial charge on any atom is -1.00 e. The summed E-state index contributed by atoms with van der Waals surface area (Å²) in [5.41, 5.74) is 10.5. The third-order valence-electron chi connectivity index (χ3n) is 7.34. The van der Waals surface area contributed by atoms with E-state index in [-0.39, 0.29) is 24.8 Å². The second-order valence-corrected chi connectivity index (χ2v) is 14.4. The summed E-state index contributed by atoms with van der Waals surface area (Å²) in [5.74, 6) is 1.08. The van der Waals surface area contributed by atoms with Crippen LogP contribution < -0.4 is 28.7 Å². The van der Waals surface area contributed by atoms with Gasteiger partial charge in [0.2, 0.25) is 0 Å². The van der Waals surface area contributed by atoms with Gasteiger partial charge in [-0.05, 0) is 0 Å². The van der Waals surface area contributed by atoms with Crippen LogP contribution in [0.3, 0.4) is 0 Å². The molecule has 0 radical (unpaired) electrons. The SMILES string of the molecule is C/[C](c1ccccc1)=[Ti+2](\[C]1=CC=CC1)[c]1cc(C(C)C)cc2c1Cc1ccc(C(C)C)cc1-2.[Cl-].[Cl-]. The van der Waals surface area contributed by atoms with Crippen molar-refractivity contribution in [1.82, 2.24) is 0 Å². The molecule has 180 valence electrons. The largest absolute Gasteiger partial charge is 1.00 e. The molecule has 0 unspecified atom stereocenters. The molecule has 3 heteroatoms. The summed E-state index contributed by atoms with van der Waals surface area (Å²) in [6.45, 7) is 11.7. The minimum absolute atomic E-state index is 0. The van der Waals surface area contributed by atoms with Crippen LogP contribution in [0.2, 0.25) is 0 Å². The topological polar surface area (TPSA) is 0 Å². The third kappa shape index (κ3) is 5.37. The molecule has 0 fully saturated rings. The van der Waals surface area contributed by atoms with E-state index >= 15 is 0 Å². The molecule has 0 N–H and O–H groups in total. The number of benzene rings is 3. The predicted molar refractivity (Wildman–Crippen MR) is 141 cm³/mol. The minimum atomic E-state index is -1.90. The third-order valence-corrected chi connectivity index (χ3v) is 12.1. The molecule has 0 aliphatic heterocycles. The van der Waals surface area contributed by atoms with Crippen LogP contribution >= 0.6 is 0 Å². The predicted octanol–water partition coefficient (Wildman–Crippen LogP) is 1.84. The van der Waals surface area contributed by atoms with E-state index in [9.17, 15) is 0 Å². The fourth-order valence-electron chi connectivity index (χ4n) is 5.31. The minimum Gasteiger partial charge on any atom is -1.00 e. The standard InChI is InChI=1S/C19H21.C8H8.C5H5.2ClH.Ti/c1-12(2)14-5-7-16-9-17-8-6-15(13(3)4)11-19(17)18(16)10-14;1-2-8-6-4-3-5-7-8;1-2-4-5-3-1;;;/h5-7,10-13H,9H2,1-4H3;3-7H,1H3;1-3H,4H2;2*1H;/q;;;;;+2/p-2. The van der Waals surface area contributed by atoms with Crippen LogP contribution in [0.15, 0.2) is 82.8 Å². The Kier molecular flexibility index (Phi) is 9.22. The Balaban J connectivity index is 0.00000171. The van der Waals surface area contributed by atoms with Crippen molar-refractivity contribution >= 4 is 7.68 Å². The van der Waals surface area contributed by atoms with E-state index < -0.39 is 17.4 Å². The molecule has 0 aromatic heterocycles. The Morgan fingerprint density at radius 2 is 1.49 bits per heavy atom. The first-order chi connectivity index (χ1) is 15.9. The van der Waals surface area contributed by atoms with Crippen molar-refractivity contribution in [2.45, 2.75) is 59.3 Å². The Hall–Kier alpha value is -1.70. The number of allylic oxidation sites excluding steroid dienone is 4. The summed E-state index contributed by atoms with van der Waals surface area (Å²) < 4.78 is 4.97. The molecule has 0 saturated carbocycles. The van der Waals surface area contributed by atoms with Gasteiger partial charge in [-0.15, -0.1) is 0 Å². The molecule has 0 spiro atoms. The molecule has 0 amide bonds. The van der Waals surface area contributed by atoms with Gasteiger partial charge in [0.05, 0.1) is 0 Å². The van der Waals surface area contributed by atoms with Gasteiger partial charge in [-0.1, -0.05) is 0 Å². The van der Waals surface area contributed by atoms with E-state index in [0.29, 0.717) is 11.8 Å². The molecular weight excluding hydrogens is 503 g/mol. The van der Waals surface area contributed by atoms with Crippen molar-refractivity contribution in [3.05, 3.63) is 111 Å². The van der Waals surface area contributed by atoms with Crippen molar-refractivity contribution in [3.63, 3.8) is 0 Å². The Morgan fingerprint density at radius 3 is 2.11 bits per heavy atom. The first-order valence-corrected chi connectivity index (χ1v) is 14.7. The van der Waals surface area contributed by atoms with E-state index in [1.165, 1.54) is 33.4 Å². The van der Waals surface area contributed by atoms with E-state index in [1.807, 2.05) is 0 Å². The van der Waals surface area contributed by atoms with Crippen LogP contribution in [0.5, 0.6) is 0 Å². The van der Waals surface area contributed by atoms with E-state index in [0.717, 1.165) is 12.8 Å². The van der Waals surface area contributed by atoms with Crippen molar-refractivity contribution < 1.29 is 42.2 Å². The average molecular weight is 537 g/mol. The molecule has 3 aromatic carbocycles. The van der Waals surface area contributed by atoms with Gasteiger partial charge < -0.3 is 24.8 Å². The zero-order chi connectivity index (χ0) is 23.1. The smallest absolute Gasteiger partial charge is 1.00 e. The molecule has 0 nitrogen and oxygen atoms in total. The van der Waals surface area contributed by atoms with Gasteiger partial charge in [-0.25, -0.2) is 0 Å². The average Bonchev–Trinajstić information content (AvgIpc) is 3.47. The molecule has 0 bridgehead atoms. The first-order valence-electron chi connectivity index (χ1n) is 12.4. The number of fused-ring (bicyclic) bond motifs is 3. The summed E-state index contributed by atoms with van der Waals surface area (Å²) in [6, 6.07) is 23.4. The van der Waals surface area contributed by atoms with E-state index in [1.54, 1.807) is 17.1 Å². The van der Waals surface area contributed by atoms with Gasteiger partial charge in [0.1, 0.15) is 0 Å². The molecule has 2 aliphatic rings. The zero-order valence-corrected chi connectivity index (χ0v) is 24.4. The number of hydrogen-bond donors (Lipinski definition) is 0. The normalized spacial score (nSPS) is 13.7. The van der Waals surface area contributed by atoms with E-state index in [2.05, 4.69) is 114 Å². The van der Waals surface area contributed by atoms with Crippen molar-refractivity contribution in [1.29, 1.82) is 0 Å². The van der Waals surface area contributed by atoms with Gasteiger partial charge in [-0.2, -0.15) is 0 Å². The quantitative estimate of drug-likeness (QED) is 0.341. The van der Waals surface area contributed by atoms with Crippen molar-refractivity contribution in [3.8, 4) is 11.1 Å². The van der Waals surface area contributed by atoms with Gasteiger partial charge >= 0.3 is 206 Å². The molecule has 0 heterocycles. The van der Waals surface area contributed by atoms with Crippen molar-refractivity contribution in [2.24, 2.45) is 0 Å². The van der Waals surface area contributed by atoms with Gasteiger partial charge in [0, 0.05) is 0 Å². The Bertz CT molecular complexity index is 1310. The molecule has 5 rings (SSSR count). The number of hydrogen-bond acceptors (Lipinski definition) is 0. The molecule has 35 heavy (non-hydrogen) atoms. The maximum atomic E-state index is 2.60. The van der Waals surface area contributed by atoms with Crippen LogP contribution in [0, 0.1) is 0 Å². The van der Waals surface area contributed by atoms with Crippen LogP contribution in [0.25, 0.3) is 11.1 Å². The van der Waals surface area contributed by atoms with Crippen LogP contribution in [-0.2, 0) is 23.8 Å². The summed E-state index contributed by atoms with van der Waals surface area (Å²) in [5, 5.41) is 0. The van der Waals surface area contributed by atoms with Gasteiger partial charge in [0.25, 0.3) is 0 Å². The molecule has 0 atom stereocenters. The summed E-state index contributed by atoms with van der Waals surface area (Å²) >= 11 is -1.90. The number of rotatable bonds is 5. The number of halogens is 2. The molecule has 3 aromatic rings. The Morgan fingerprint density at radius 1 is 0.800 bits per heavy atom. The summed E-state index contributed by atoms with van der Waals surface area (Å²) in [6.07, 6.45) is 9.24. The zero-order valence-electron chi connectivity index (χ0n) is 21.3. The second kappa shape index (κ2) is 11.6. The van der Waals surface area contributed by atoms with Crippen LogP contribution in [0.4, 0.5) is 0 Å². The van der Waals surface area contributed by atoms with E-state index in [4.69, 9.17) is 0 Å². The fraction of sp³-hybridized carbons (Fsp3) is 0.281. The monoisotopic (exact) mass is 536 g/mol. The molecule has 0 saturated heterocycles. The molecular formula is C32H34Cl2Ti. The van der Waals surface area contributed by atoms with Gasteiger partial charge in [0.15, 0.2) is 0 Å².